The average Bonchev–Trinajstić information content (AvgIpc) is 2.57. The largest absolute Gasteiger partial charge is 0.482 e. The van der Waals surface area contributed by atoms with Gasteiger partial charge in [0.1, 0.15) is 5.75 Å². The van der Waals surface area contributed by atoms with E-state index in [4.69, 9.17) is 16.3 Å². The maximum Gasteiger partial charge on any atom is 0.321 e. The first-order valence-corrected chi connectivity index (χ1v) is 7.72. The highest BCUT2D eigenvalue weighted by Crippen LogP contribution is 2.30. The first-order chi connectivity index (χ1) is 11.5. The summed E-state index contributed by atoms with van der Waals surface area (Å²) < 4.78 is 5.34. The standard InChI is InChI=1S/C17H16ClN3O3/c1-21(9-11-2-4-12(18)5-3-11)17(23)19-13-6-7-14-15(8-13)24-10-16(22)20-14/h2-8H,9-10H2,1H3,(H,19,23)(H,20,22). The minimum atomic E-state index is -0.246. The molecule has 124 valence electrons. The van der Waals surface area contributed by atoms with Crippen LogP contribution in [0.25, 0.3) is 0 Å². The fourth-order valence-electron chi connectivity index (χ4n) is 2.31. The molecule has 0 unspecified atom stereocenters. The molecule has 1 aliphatic heterocycles. The van der Waals surface area contributed by atoms with Gasteiger partial charge in [0.05, 0.1) is 5.69 Å². The molecule has 0 fully saturated rings. The first kappa shape index (κ1) is 16.1. The summed E-state index contributed by atoms with van der Waals surface area (Å²) in [5, 5.41) is 6.16. The van der Waals surface area contributed by atoms with Gasteiger partial charge in [0.2, 0.25) is 0 Å². The number of rotatable bonds is 3. The number of nitrogens with one attached hydrogen (secondary N) is 2. The summed E-state index contributed by atoms with van der Waals surface area (Å²) in [6.07, 6.45) is 0. The lowest BCUT2D eigenvalue weighted by atomic mass is 10.2. The summed E-state index contributed by atoms with van der Waals surface area (Å²) in [5.41, 5.74) is 2.17. The second kappa shape index (κ2) is 6.80. The van der Waals surface area contributed by atoms with Gasteiger partial charge < -0.3 is 20.3 Å². The number of fused-ring (bicyclic) bond motifs is 1. The van der Waals surface area contributed by atoms with Gasteiger partial charge in [0.25, 0.3) is 5.91 Å². The Bertz CT molecular complexity index is 777. The van der Waals surface area contributed by atoms with Crippen LogP contribution in [0.4, 0.5) is 16.2 Å². The lowest BCUT2D eigenvalue weighted by molar-refractivity contribution is -0.118. The third-order valence-electron chi connectivity index (χ3n) is 3.55. The van der Waals surface area contributed by atoms with E-state index in [1.54, 1.807) is 42.3 Å². The monoisotopic (exact) mass is 345 g/mol. The Labute approximate surface area is 144 Å². The van der Waals surface area contributed by atoms with E-state index in [-0.39, 0.29) is 18.5 Å². The lowest BCUT2D eigenvalue weighted by Gasteiger charge is -2.21. The van der Waals surface area contributed by atoms with Crippen molar-refractivity contribution in [1.82, 2.24) is 4.90 Å². The maximum atomic E-state index is 12.3. The molecule has 0 bridgehead atoms. The minimum Gasteiger partial charge on any atom is -0.482 e. The van der Waals surface area contributed by atoms with E-state index in [1.165, 1.54) is 0 Å². The number of urea groups is 1. The number of hydrogen-bond donors (Lipinski definition) is 2. The van der Waals surface area contributed by atoms with Crippen LogP contribution in [0.2, 0.25) is 5.02 Å². The van der Waals surface area contributed by atoms with Gasteiger partial charge in [0, 0.05) is 30.4 Å². The Hall–Kier alpha value is -2.73. The van der Waals surface area contributed by atoms with Crippen LogP contribution >= 0.6 is 11.6 Å². The molecule has 0 aliphatic carbocycles. The summed E-state index contributed by atoms with van der Waals surface area (Å²) in [6, 6.07) is 12.2. The Balaban J connectivity index is 1.63. The van der Waals surface area contributed by atoms with Crippen LogP contribution in [-0.2, 0) is 11.3 Å². The summed E-state index contributed by atoms with van der Waals surface area (Å²) in [7, 11) is 1.71. The zero-order chi connectivity index (χ0) is 17.1. The van der Waals surface area contributed by atoms with Crippen LogP contribution in [0.15, 0.2) is 42.5 Å². The van der Waals surface area contributed by atoms with Crippen molar-refractivity contribution in [2.45, 2.75) is 6.54 Å². The van der Waals surface area contributed by atoms with Crippen LogP contribution in [0.3, 0.4) is 0 Å². The lowest BCUT2D eigenvalue weighted by Crippen LogP contribution is -2.31. The number of nitrogens with zero attached hydrogens (tertiary/aromatic N) is 1. The van der Waals surface area contributed by atoms with Crippen molar-refractivity contribution in [2.75, 3.05) is 24.3 Å². The normalized spacial score (nSPS) is 12.7. The molecule has 3 amide bonds. The number of ether oxygens (including phenoxy) is 1. The molecule has 2 aromatic rings. The third-order valence-corrected chi connectivity index (χ3v) is 3.80. The molecule has 2 N–H and O–H groups in total. The highest BCUT2D eigenvalue weighted by molar-refractivity contribution is 6.30. The molecule has 3 rings (SSSR count). The fraction of sp³-hybridized carbons (Fsp3) is 0.176. The summed E-state index contributed by atoms with van der Waals surface area (Å²) in [5.74, 6) is 0.342. The van der Waals surface area contributed by atoms with E-state index in [1.807, 2.05) is 12.1 Å². The molecule has 7 heteroatoms. The number of hydrogen-bond acceptors (Lipinski definition) is 3. The molecule has 1 heterocycles. The molecule has 0 spiro atoms. The van der Waals surface area contributed by atoms with E-state index in [2.05, 4.69) is 10.6 Å². The predicted molar refractivity (Wildman–Crippen MR) is 92.5 cm³/mol. The SMILES string of the molecule is CN(Cc1ccc(Cl)cc1)C(=O)Nc1ccc2c(c1)OCC(=O)N2. The Morgan fingerprint density at radius 1 is 1.29 bits per heavy atom. The van der Waals surface area contributed by atoms with Crippen LogP contribution in [-0.4, -0.2) is 30.5 Å². The van der Waals surface area contributed by atoms with Crippen molar-refractivity contribution < 1.29 is 14.3 Å². The number of carbonyl (C=O) groups excluding carboxylic acids is 2. The number of amides is 3. The predicted octanol–water partition coefficient (Wildman–Crippen LogP) is 3.33. The van der Waals surface area contributed by atoms with Crippen molar-refractivity contribution in [3.63, 3.8) is 0 Å². The smallest absolute Gasteiger partial charge is 0.321 e. The van der Waals surface area contributed by atoms with E-state index < -0.39 is 0 Å². The quantitative estimate of drug-likeness (QED) is 0.896. The number of carbonyl (C=O) groups is 2. The number of benzene rings is 2. The molecule has 0 radical (unpaired) electrons. The van der Waals surface area contributed by atoms with Crippen LogP contribution < -0.4 is 15.4 Å². The van der Waals surface area contributed by atoms with Crippen molar-refractivity contribution in [3.05, 3.63) is 53.1 Å². The minimum absolute atomic E-state index is 0.0269. The third kappa shape index (κ3) is 3.78. The molecule has 2 aromatic carbocycles. The van der Waals surface area contributed by atoms with Gasteiger partial charge in [-0.1, -0.05) is 23.7 Å². The molecular weight excluding hydrogens is 330 g/mol. The van der Waals surface area contributed by atoms with Crippen molar-refractivity contribution in [2.24, 2.45) is 0 Å². The molecular formula is C17H16ClN3O3. The molecule has 6 nitrogen and oxygen atoms in total. The van der Waals surface area contributed by atoms with Gasteiger partial charge in [-0.25, -0.2) is 4.79 Å². The van der Waals surface area contributed by atoms with Crippen LogP contribution in [0, 0.1) is 0 Å². The number of anilines is 2. The van der Waals surface area contributed by atoms with Gasteiger partial charge in [-0.2, -0.15) is 0 Å². The van der Waals surface area contributed by atoms with Crippen LogP contribution in [0.1, 0.15) is 5.56 Å². The topological polar surface area (TPSA) is 70.7 Å². The van der Waals surface area contributed by atoms with E-state index in [0.29, 0.717) is 28.7 Å². The van der Waals surface area contributed by atoms with Gasteiger partial charge >= 0.3 is 6.03 Å². The van der Waals surface area contributed by atoms with E-state index >= 15 is 0 Å². The Kier molecular flexibility index (Phi) is 4.57. The summed E-state index contributed by atoms with van der Waals surface area (Å²) >= 11 is 5.85. The van der Waals surface area contributed by atoms with E-state index in [0.717, 1.165) is 5.56 Å². The fourth-order valence-corrected chi connectivity index (χ4v) is 2.43. The van der Waals surface area contributed by atoms with Gasteiger partial charge in [-0.15, -0.1) is 0 Å². The zero-order valence-corrected chi connectivity index (χ0v) is 13.8. The molecule has 0 aromatic heterocycles. The molecule has 0 saturated carbocycles. The second-order valence-electron chi connectivity index (χ2n) is 5.46. The highest BCUT2D eigenvalue weighted by atomic mass is 35.5. The van der Waals surface area contributed by atoms with Crippen molar-refractivity contribution in [1.29, 1.82) is 0 Å². The Morgan fingerprint density at radius 3 is 2.79 bits per heavy atom. The van der Waals surface area contributed by atoms with Crippen molar-refractivity contribution >= 4 is 34.9 Å². The zero-order valence-electron chi connectivity index (χ0n) is 13.0. The van der Waals surface area contributed by atoms with E-state index in [9.17, 15) is 9.59 Å². The second-order valence-corrected chi connectivity index (χ2v) is 5.90. The summed E-state index contributed by atoms with van der Waals surface area (Å²) in [4.78, 5) is 25.1. The maximum absolute atomic E-state index is 12.3. The van der Waals surface area contributed by atoms with Crippen molar-refractivity contribution in [3.8, 4) is 5.75 Å². The summed E-state index contributed by atoms with van der Waals surface area (Å²) in [6.45, 7) is 0.432. The number of halogens is 1. The Morgan fingerprint density at radius 2 is 2.04 bits per heavy atom. The molecule has 0 atom stereocenters. The average molecular weight is 346 g/mol. The molecule has 0 saturated heterocycles. The van der Waals surface area contributed by atoms with Gasteiger partial charge in [0.15, 0.2) is 6.61 Å². The molecule has 1 aliphatic rings. The first-order valence-electron chi connectivity index (χ1n) is 7.34. The van der Waals surface area contributed by atoms with Gasteiger partial charge in [-0.05, 0) is 29.8 Å². The molecule has 24 heavy (non-hydrogen) atoms. The van der Waals surface area contributed by atoms with Gasteiger partial charge in [-0.3, -0.25) is 4.79 Å². The van der Waals surface area contributed by atoms with Crippen LogP contribution in [0.5, 0.6) is 5.75 Å². The highest BCUT2D eigenvalue weighted by Gasteiger charge is 2.17.